The largest absolute Gasteiger partial charge is 0.436 e. The number of carbonyl (C=O) groups excluding carboxylic acids is 3. The number of nitrogens with zero attached hydrogens (tertiary/aromatic N) is 4. The maximum absolute atomic E-state index is 13.9. The van der Waals surface area contributed by atoms with Crippen LogP contribution in [-0.2, 0) is 22.4 Å². The van der Waals surface area contributed by atoms with Crippen LogP contribution in [0.2, 0.25) is 10.0 Å². The normalized spacial score (nSPS) is 20.9. The molecule has 0 spiro atoms. The molecule has 2 aromatic carbocycles. The van der Waals surface area contributed by atoms with Crippen LogP contribution in [0.4, 0.5) is 15.3 Å². The van der Waals surface area contributed by atoms with E-state index in [9.17, 15) is 14.4 Å². The first kappa shape index (κ1) is 32.9. The highest BCUT2D eigenvalue weighted by Gasteiger charge is 2.36. The van der Waals surface area contributed by atoms with Crippen LogP contribution in [0.3, 0.4) is 0 Å². The molecular formula is C34H44Cl2N6O4. The Hall–Kier alpha value is -3.05. The van der Waals surface area contributed by atoms with Gasteiger partial charge in [-0.05, 0) is 87.0 Å². The van der Waals surface area contributed by atoms with E-state index in [-0.39, 0.29) is 24.4 Å². The van der Waals surface area contributed by atoms with E-state index >= 15 is 0 Å². The molecule has 2 aromatic rings. The summed E-state index contributed by atoms with van der Waals surface area (Å²) < 4.78 is 6.02. The number of ether oxygens (including phenoxy) is 1. The van der Waals surface area contributed by atoms with Crippen molar-refractivity contribution < 1.29 is 19.1 Å². The lowest BCUT2D eigenvalue weighted by atomic mass is 10.0. The van der Waals surface area contributed by atoms with Crippen molar-refractivity contribution in [2.75, 3.05) is 64.2 Å². The van der Waals surface area contributed by atoms with Crippen LogP contribution in [0.25, 0.3) is 0 Å². The van der Waals surface area contributed by atoms with Gasteiger partial charge < -0.3 is 30.1 Å². The zero-order valence-electron chi connectivity index (χ0n) is 26.5. The summed E-state index contributed by atoms with van der Waals surface area (Å²) in [6.07, 6.45) is 2.97. The molecule has 12 heteroatoms. The van der Waals surface area contributed by atoms with E-state index in [0.717, 1.165) is 67.8 Å². The van der Waals surface area contributed by atoms with E-state index in [1.54, 1.807) is 17.0 Å². The molecule has 3 fully saturated rings. The first-order valence-corrected chi connectivity index (χ1v) is 17.3. The van der Waals surface area contributed by atoms with E-state index in [1.807, 2.05) is 41.0 Å². The number of fused-ring (bicyclic) bond motifs is 1. The first-order chi connectivity index (χ1) is 22.3. The second-order valence-corrected chi connectivity index (χ2v) is 13.7. The lowest BCUT2D eigenvalue weighted by Gasteiger charge is -2.41. The number of hydrogen-bond donors (Lipinski definition) is 2. The van der Waals surface area contributed by atoms with Crippen LogP contribution in [-0.4, -0.2) is 115 Å². The number of nitrogens with one attached hydrogen (secondary N) is 2. The van der Waals surface area contributed by atoms with E-state index in [2.05, 4.69) is 15.5 Å². The van der Waals surface area contributed by atoms with Gasteiger partial charge in [-0.2, -0.15) is 0 Å². The molecule has 0 aliphatic carbocycles. The standard InChI is InChI=1S/C34H44Cl2N6O4/c1-23-28(35)20-24(21-29(23)36)22-31(32(43)40-18-16-39(17-19-40)26-6-11-37-12-7-26)46-34(45)41-13-9-27(10-14-41)42-15-8-25-4-2-3-5-30(25)38-33(42)44/h2-5,20-21,26-27,31,37H,6-19,22H2,1H3,(H,38,44)/t31-/m1/s1. The predicted octanol–water partition coefficient (Wildman–Crippen LogP) is 4.80. The molecule has 2 N–H and O–H groups in total. The highest BCUT2D eigenvalue weighted by molar-refractivity contribution is 6.36. The third-order valence-electron chi connectivity index (χ3n) is 10.0. The summed E-state index contributed by atoms with van der Waals surface area (Å²) >= 11 is 12.9. The van der Waals surface area contributed by atoms with Gasteiger partial charge in [0.1, 0.15) is 0 Å². The van der Waals surface area contributed by atoms with Crippen molar-refractivity contribution in [1.82, 2.24) is 24.9 Å². The Labute approximate surface area is 281 Å². The lowest BCUT2D eigenvalue weighted by Crippen LogP contribution is -2.56. The fourth-order valence-corrected chi connectivity index (χ4v) is 7.72. The summed E-state index contributed by atoms with van der Waals surface area (Å²) in [5.41, 5.74) is 3.49. The molecule has 4 aliphatic rings. The quantitative estimate of drug-likeness (QED) is 0.458. The number of likely N-dealkylation sites (tertiary alicyclic amines) is 1. The number of piperidine rings is 2. The van der Waals surface area contributed by atoms with Crippen molar-refractivity contribution >= 4 is 46.9 Å². The number of para-hydroxylation sites is 1. The molecule has 248 valence electrons. The Balaban J connectivity index is 1.09. The molecule has 4 amide bonds. The van der Waals surface area contributed by atoms with Gasteiger partial charge in [0.15, 0.2) is 6.10 Å². The Bertz CT molecular complexity index is 1400. The summed E-state index contributed by atoms with van der Waals surface area (Å²) in [6, 6.07) is 11.9. The smallest absolute Gasteiger partial charge is 0.410 e. The van der Waals surface area contributed by atoms with Crippen LogP contribution < -0.4 is 10.6 Å². The van der Waals surface area contributed by atoms with Crippen molar-refractivity contribution in [2.24, 2.45) is 0 Å². The maximum atomic E-state index is 13.9. The third-order valence-corrected chi connectivity index (χ3v) is 10.8. The molecule has 10 nitrogen and oxygen atoms in total. The summed E-state index contributed by atoms with van der Waals surface area (Å²) in [5, 5.41) is 7.49. The molecule has 6 rings (SSSR count). The van der Waals surface area contributed by atoms with E-state index < -0.39 is 12.2 Å². The van der Waals surface area contributed by atoms with Crippen LogP contribution in [0, 0.1) is 6.92 Å². The minimum atomic E-state index is -1.000. The van der Waals surface area contributed by atoms with Crippen LogP contribution in [0.5, 0.6) is 0 Å². The van der Waals surface area contributed by atoms with Gasteiger partial charge in [0.25, 0.3) is 5.91 Å². The van der Waals surface area contributed by atoms with Gasteiger partial charge in [0, 0.05) is 80.1 Å². The molecule has 0 unspecified atom stereocenters. The summed E-state index contributed by atoms with van der Waals surface area (Å²) in [4.78, 5) is 48.4. The second kappa shape index (κ2) is 14.8. The number of hydrogen-bond acceptors (Lipinski definition) is 6. The molecule has 3 saturated heterocycles. The Morgan fingerprint density at radius 3 is 2.26 bits per heavy atom. The maximum Gasteiger partial charge on any atom is 0.410 e. The van der Waals surface area contributed by atoms with Crippen LogP contribution in [0.1, 0.15) is 42.4 Å². The Morgan fingerprint density at radius 2 is 1.57 bits per heavy atom. The number of rotatable bonds is 6. The molecule has 46 heavy (non-hydrogen) atoms. The number of amides is 4. The molecular weight excluding hydrogens is 627 g/mol. The van der Waals surface area contributed by atoms with Crippen molar-refractivity contribution in [3.63, 3.8) is 0 Å². The summed E-state index contributed by atoms with van der Waals surface area (Å²) in [7, 11) is 0. The van der Waals surface area contributed by atoms with Crippen molar-refractivity contribution in [3.05, 3.63) is 63.1 Å². The SMILES string of the molecule is Cc1c(Cl)cc(C[C@@H](OC(=O)N2CCC(N3CCc4ccccc4NC3=O)CC2)C(=O)N2CCN(C3CCNCC3)CC2)cc1Cl. The molecule has 0 saturated carbocycles. The zero-order chi connectivity index (χ0) is 32.2. The lowest BCUT2D eigenvalue weighted by molar-refractivity contribution is -0.143. The van der Waals surface area contributed by atoms with Crippen LogP contribution >= 0.6 is 23.2 Å². The Morgan fingerprint density at radius 1 is 0.891 bits per heavy atom. The zero-order valence-corrected chi connectivity index (χ0v) is 28.0. The molecule has 0 bridgehead atoms. The molecule has 4 aliphatic heterocycles. The highest BCUT2D eigenvalue weighted by atomic mass is 35.5. The first-order valence-electron chi connectivity index (χ1n) is 16.6. The topological polar surface area (TPSA) is 97.5 Å². The minimum absolute atomic E-state index is 0.0175. The van der Waals surface area contributed by atoms with Gasteiger partial charge >= 0.3 is 12.1 Å². The number of piperazine rings is 1. The average Bonchev–Trinajstić information content (AvgIpc) is 3.25. The predicted molar refractivity (Wildman–Crippen MR) is 180 cm³/mol. The highest BCUT2D eigenvalue weighted by Crippen LogP contribution is 2.28. The number of anilines is 1. The molecule has 0 aromatic heterocycles. The number of urea groups is 1. The van der Waals surface area contributed by atoms with Gasteiger partial charge in [-0.25, -0.2) is 9.59 Å². The molecule has 1 atom stereocenters. The minimum Gasteiger partial charge on any atom is -0.436 e. The Kier molecular flexibility index (Phi) is 10.6. The van der Waals surface area contributed by atoms with Crippen molar-refractivity contribution in [2.45, 2.75) is 63.6 Å². The van der Waals surface area contributed by atoms with Gasteiger partial charge in [0.2, 0.25) is 0 Å². The summed E-state index contributed by atoms with van der Waals surface area (Å²) in [6.45, 7) is 8.22. The number of benzene rings is 2. The van der Waals surface area contributed by atoms with Crippen molar-refractivity contribution in [1.29, 1.82) is 0 Å². The van der Waals surface area contributed by atoms with Crippen LogP contribution in [0.15, 0.2) is 36.4 Å². The van der Waals surface area contributed by atoms with E-state index in [4.69, 9.17) is 27.9 Å². The van der Waals surface area contributed by atoms with Crippen molar-refractivity contribution in [3.8, 4) is 0 Å². The fourth-order valence-electron chi connectivity index (χ4n) is 7.19. The third kappa shape index (κ3) is 7.56. The van der Waals surface area contributed by atoms with Gasteiger partial charge in [-0.15, -0.1) is 0 Å². The number of halogens is 2. The van der Waals surface area contributed by atoms with E-state index in [1.165, 1.54) is 0 Å². The fraction of sp³-hybridized carbons (Fsp3) is 0.559. The van der Waals surface area contributed by atoms with E-state index in [0.29, 0.717) is 61.7 Å². The summed E-state index contributed by atoms with van der Waals surface area (Å²) in [5.74, 6) is -0.193. The monoisotopic (exact) mass is 670 g/mol. The van der Waals surface area contributed by atoms with Gasteiger partial charge in [-0.1, -0.05) is 41.4 Å². The average molecular weight is 672 g/mol. The second-order valence-electron chi connectivity index (χ2n) is 12.9. The van der Waals surface area contributed by atoms with Gasteiger partial charge in [-0.3, -0.25) is 9.69 Å². The number of carbonyl (C=O) groups is 3. The molecule has 0 radical (unpaired) electrons. The van der Waals surface area contributed by atoms with Gasteiger partial charge in [0.05, 0.1) is 0 Å². The molecule has 4 heterocycles.